The molecule has 1 aromatic carbocycles. The Morgan fingerprint density at radius 2 is 1.86 bits per heavy atom. The van der Waals surface area contributed by atoms with Gasteiger partial charge in [-0.2, -0.15) is 0 Å². The van der Waals surface area contributed by atoms with Crippen molar-refractivity contribution < 1.29 is 0 Å². The van der Waals surface area contributed by atoms with Gasteiger partial charge < -0.3 is 10.7 Å². The molecule has 0 aliphatic heterocycles. The zero-order valence-corrected chi connectivity index (χ0v) is 8.77. The standard InChI is InChI=1S/C9H8ClN3.ClH/c10-7-3-1-6(2-4-7)8-5-12-9(11)13-8;/h1-5H,(H3,11,12,13);1H. The van der Waals surface area contributed by atoms with Gasteiger partial charge in [0.15, 0.2) is 5.95 Å². The number of H-pyrrole nitrogens is 1. The van der Waals surface area contributed by atoms with Crippen LogP contribution in [0.3, 0.4) is 0 Å². The van der Waals surface area contributed by atoms with Crippen molar-refractivity contribution in [1.29, 1.82) is 0 Å². The van der Waals surface area contributed by atoms with E-state index in [0.29, 0.717) is 5.95 Å². The number of nitrogen functional groups attached to an aromatic ring is 1. The number of aromatic amines is 1. The zero-order chi connectivity index (χ0) is 9.26. The maximum absolute atomic E-state index is 5.75. The summed E-state index contributed by atoms with van der Waals surface area (Å²) in [7, 11) is 0. The quantitative estimate of drug-likeness (QED) is 0.791. The van der Waals surface area contributed by atoms with Gasteiger partial charge in [-0.3, -0.25) is 0 Å². The Kier molecular flexibility index (Phi) is 3.38. The molecule has 0 spiro atoms. The fourth-order valence-corrected chi connectivity index (χ4v) is 1.24. The van der Waals surface area contributed by atoms with E-state index in [9.17, 15) is 0 Å². The van der Waals surface area contributed by atoms with Crippen LogP contribution in [0.15, 0.2) is 30.5 Å². The number of nitrogens with two attached hydrogens (primary N) is 1. The molecule has 0 unspecified atom stereocenters. The minimum atomic E-state index is 0. The molecule has 1 heterocycles. The molecular weight excluding hydrogens is 221 g/mol. The van der Waals surface area contributed by atoms with Crippen molar-refractivity contribution in [2.24, 2.45) is 0 Å². The lowest BCUT2D eigenvalue weighted by Crippen LogP contribution is -1.85. The molecule has 2 rings (SSSR count). The number of benzene rings is 1. The molecule has 5 heteroatoms. The first-order valence-electron chi connectivity index (χ1n) is 3.82. The third-order valence-electron chi connectivity index (χ3n) is 1.75. The van der Waals surface area contributed by atoms with E-state index in [-0.39, 0.29) is 12.4 Å². The first-order chi connectivity index (χ1) is 6.25. The predicted octanol–water partition coefficient (Wildman–Crippen LogP) is 2.73. The SMILES string of the molecule is Cl.Nc1ncc(-c2ccc(Cl)cc2)[nH]1. The summed E-state index contributed by atoms with van der Waals surface area (Å²) in [6.07, 6.45) is 1.69. The lowest BCUT2D eigenvalue weighted by molar-refractivity contribution is 1.33. The van der Waals surface area contributed by atoms with Crippen molar-refractivity contribution in [1.82, 2.24) is 9.97 Å². The van der Waals surface area contributed by atoms with Gasteiger partial charge in [-0.15, -0.1) is 12.4 Å². The Balaban J connectivity index is 0.000000980. The van der Waals surface area contributed by atoms with Crippen LogP contribution in [0.5, 0.6) is 0 Å². The third-order valence-corrected chi connectivity index (χ3v) is 2.00. The number of anilines is 1. The fraction of sp³-hybridized carbons (Fsp3) is 0. The summed E-state index contributed by atoms with van der Waals surface area (Å²) < 4.78 is 0. The molecule has 3 nitrogen and oxygen atoms in total. The fourth-order valence-electron chi connectivity index (χ4n) is 1.11. The molecule has 0 fully saturated rings. The van der Waals surface area contributed by atoms with Gasteiger partial charge in [0.1, 0.15) is 0 Å². The van der Waals surface area contributed by atoms with E-state index in [1.165, 1.54) is 0 Å². The van der Waals surface area contributed by atoms with Gasteiger partial charge in [-0.05, 0) is 17.7 Å². The maximum Gasteiger partial charge on any atom is 0.197 e. The highest BCUT2D eigenvalue weighted by molar-refractivity contribution is 6.30. The van der Waals surface area contributed by atoms with Crippen LogP contribution < -0.4 is 5.73 Å². The predicted molar refractivity (Wildman–Crippen MR) is 60.7 cm³/mol. The number of halogens is 2. The van der Waals surface area contributed by atoms with E-state index in [4.69, 9.17) is 17.3 Å². The van der Waals surface area contributed by atoms with Gasteiger partial charge in [-0.1, -0.05) is 23.7 Å². The van der Waals surface area contributed by atoms with Crippen molar-refractivity contribution in [3.05, 3.63) is 35.5 Å². The zero-order valence-electron chi connectivity index (χ0n) is 7.20. The van der Waals surface area contributed by atoms with E-state index in [1.807, 2.05) is 24.3 Å². The topological polar surface area (TPSA) is 54.7 Å². The van der Waals surface area contributed by atoms with E-state index < -0.39 is 0 Å². The smallest absolute Gasteiger partial charge is 0.197 e. The molecule has 1 aromatic heterocycles. The van der Waals surface area contributed by atoms with Crippen LogP contribution in [0, 0.1) is 0 Å². The second kappa shape index (κ2) is 4.35. The highest BCUT2D eigenvalue weighted by Crippen LogP contribution is 2.19. The molecule has 0 amide bonds. The van der Waals surface area contributed by atoms with Crippen LogP contribution in [-0.2, 0) is 0 Å². The molecule has 0 saturated carbocycles. The molecule has 2 aromatic rings. The number of nitrogens with zero attached hydrogens (tertiary/aromatic N) is 1. The van der Waals surface area contributed by atoms with Gasteiger partial charge in [-0.25, -0.2) is 4.98 Å². The molecule has 14 heavy (non-hydrogen) atoms. The Bertz CT molecular complexity index is 408. The minimum Gasteiger partial charge on any atom is -0.369 e. The summed E-state index contributed by atoms with van der Waals surface area (Å²) in [6.45, 7) is 0. The molecule has 0 bridgehead atoms. The van der Waals surface area contributed by atoms with Crippen molar-refractivity contribution >= 4 is 30.0 Å². The number of hydrogen-bond acceptors (Lipinski definition) is 2. The third kappa shape index (κ3) is 2.19. The Morgan fingerprint density at radius 3 is 2.36 bits per heavy atom. The number of aromatic nitrogens is 2. The number of rotatable bonds is 1. The lowest BCUT2D eigenvalue weighted by Gasteiger charge is -1.96. The Hall–Kier alpha value is -1.19. The summed E-state index contributed by atoms with van der Waals surface area (Å²) in [6, 6.07) is 7.48. The molecule has 0 atom stereocenters. The van der Waals surface area contributed by atoms with Gasteiger partial charge in [0.05, 0.1) is 11.9 Å². The van der Waals surface area contributed by atoms with Gasteiger partial charge in [0.2, 0.25) is 0 Å². The van der Waals surface area contributed by atoms with Crippen LogP contribution in [0.2, 0.25) is 5.02 Å². The van der Waals surface area contributed by atoms with Crippen LogP contribution in [0.25, 0.3) is 11.3 Å². The second-order valence-electron chi connectivity index (χ2n) is 2.69. The molecule has 0 aliphatic rings. The van der Waals surface area contributed by atoms with Crippen molar-refractivity contribution in [3.8, 4) is 11.3 Å². The van der Waals surface area contributed by atoms with Gasteiger partial charge in [0, 0.05) is 5.02 Å². The summed E-state index contributed by atoms with van der Waals surface area (Å²) in [4.78, 5) is 6.84. The largest absolute Gasteiger partial charge is 0.369 e. The highest BCUT2D eigenvalue weighted by atomic mass is 35.5. The van der Waals surface area contributed by atoms with Gasteiger partial charge in [0.25, 0.3) is 0 Å². The molecule has 3 N–H and O–H groups in total. The molecule has 74 valence electrons. The minimum absolute atomic E-state index is 0. The van der Waals surface area contributed by atoms with E-state index in [2.05, 4.69) is 9.97 Å². The van der Waals surface area contributed by atoms with Crippen LogP contribution >= 0.6 is 24.0 Å². The summed E-state index contributed by atoms with van der Waals surface area (Å²) >= 11 is 5.75. The highest BCUT2D eigenvalue weighted by Gasteiger charge is 1.99. The van der Waals surface area contributed by atoms with Gasteiger partial charge >= 0.3 is 0 Å². The molecule has 0 saturated heterocycles. The second-order valence-corrected chi connectivity index (χ2v) is 3.13. The van der Waals surface area contributed by atoms with Crippen molar-refractivity contribution in [2.75, 3.05) is 5.73 Å². The number of nitrogens with one attached hydrogen (secondary N) is 1. The van der Waals surface area contributed by atoms with E-state index in [0.717, 1.165) is 16.3 Å². The van der Waals surface area contributed by atoms with Crippen molar-refractivity contribution in [3.63, 3.8) is 0 Å². The first kappa shape index (κ1) is 10.9. The van der Waals surface area contributed by atoms with Crippen LogP contribution in [0.1, 0.15) is 0 Å². The van der Waals surface area contributed by atoms with Crippen molar-refractivity contribution in [2.45, 2.75) is 0 Å². The van der Waals surface area contributed by atoms with E-state index >= 15 is 0 Å². The average molecular weight is 230 g/mol. The molecular formula is C9H9Cl2N3. The number of imidazole rings is 1. The number of hydrogen-bond donors (Lipinski definition) is 2. The van der Waals surface area contributed by atoms with Crippen LogP contribution in [0.4, 0.5) is 5.95 Å². The molecule has 0 radical (unpaired) electrons. The van der Waals surface area contributed by atoms with E-state index in [1.54, 1.807) is 6.20 Å². The van der Waals surface area contributed by atoms with Crippen LogP contribution in [-0.4, -0.2) is 9.97 Å². The summed E-state index contributed by atoms with van der Waals surface area (Å²) in [5.74, 6) is 0.421. The normalized spacial score (nSPS) is 9.50. The Labute approximate surface area is 92.7 Å². The summed E-state index contributed by atoms with van der Waals surface area (Å²) in [5, 5.41) is 0.719. The molecule has 0 aliphatic carbocycles. The maximum atomic E-state index is 5.75. The lowest BCUT2D eigenvalue weighted by atomic mass is 10.2. The summed E-state index contributed by atoms with van der Waals surface area (Å²) in [5.41, 5.74) is 7.37. The Morgan fingerprint density at radius 1 is 1.21 bits per heavy atom. The average Bonchev–Trinajstić information content (AvgIpc) is 2.53. The monoisotopic (exact) mass is 229 g/mol. The first-order valence-corrected chi connectivity index (χ1v) is 4.20.